The van der Waals surface area contributed by atoms with Gasteiger partial charge in [-0.2, -0.15) is 0 Å². The number of amides is 1. The van der Waals surface area contributed by atoms with Crippen molar-refractivity contribution in [1.82, 2.24) is 5.32 Å². The van der Waals surface area contributed by atoms with Gasteiger partial charge in [-0.3, -0.25) is 4.79 Å². The summed E-state index contributed by atoms with van der Waals surface area (Å²) in [6.45, 7) is 2.56. The molecule has 132 valence electrons. The van der Waals surface area contributed by atoms with E-state index in [0.29, 0.717) is 17.9 Å². The van der Waals surface area contributed by atoms with Crippen molar-refractivity contribution < 1.29 is 9.53 Å². The molecule has 0 fully saturated rings. The summed E-state index contributed by atoms with van der Waals surface area (Å²) in [5, 5.41) is 3.03. The Kier molecular flexibility index (Phi) is 6.05. The predicted molar refractivity (Wildman–Crippen MR) is 104 cm³/mol. The average molecular weight is 345 g/mol. The first-order valence-electron chi connectivity index (χ1n) is 8.85. The van der Waals surface area contributed by atoms with Gasteiger partial charge in [0.2, 0.25) is 0 Å². The molecule has 0 aliphatic rings. The summed E-state index contributed by atoms with van der Waals surface area (Å²) in [6, 6.07) is 27.4. The fourth-order valence-corrected chi connectivity index (χ4v) is 2.76. The molecule has 0 radical (unpaired) electrons. The number of rotatable bonds is 7. The van der Waals surface area contributed by atoms with Gasteiger partial charge < -0.3 is 10.1 Å². The monoisotopic (exact) mass is 345 g/mol. The normalized spacial score (nSPS) is 11.6. The third-order valence-corrected chi connectivity index (χ3v) is 4.25. The Bertz CT molecular complexity index is 831. The molecule has 1 atom stereocenters. The highest BCUT2D eigenvalue weighted by atomic mass is 16.5. The Morgan fingerprint density at radius 2 is 1.62 bits per heavy atom. The fourth-order valence-electron chi connectivity index (χ4n) is 2.76. The summed E-state index contributed by atoms with van der Waals surface area (Å²) in [7, 11) is 0. The third-order valence-electron chi connectivity index (χ3n) is 4.25. The largest absolute Gasteiger partial charge is 0.493 e. The Morgan fingerprint density at radius 1 is 0.923 bits per heavy atom. The zero-order valence-corrected chi connectivity index (χ0v) is 14.9. The molecule has 0 spiro atoms. The van der Waals surface area contributed by atoms with Crippen LogP contribution in [0.5, 0.6) is 5.75 Å². The van der Waals surface area contributed by atoms with E-state index in [9.17, 15) is 4.79 Å². The van der Waals surface area contributed by atoms with Gasteiger partial charge in [0.15, 0.2) is 0 Å². The zero-order chi connectivity index (χ0) is 18.2. The molecule has 0 aliphatic heterocycles. The van der Waals surface area contributed by atoms with Crippen molar-refractivity contribution in [3.8, 4) is 5.75 Å². The summed E-state index contributed by atoms with van der Waals surface area (Å²) in [6.07, 6.45) is 0.836. The molecule has 26 heavy (non-hydrogen) atoms. The number of ether oxygens (including phenoxy) is 1. The first-order valence-corrected chi connectivity index (χ1v) is 8.85. The minimum Gasteiger partial charge on any atom is -0.493 e. The highest BCUT2D eigenvalue weighted by molar-refractivity contribution is 5.94. The summed E-state index contributed by atoms with van der Waals surface area (Å²) in [4.78, 5) is 12.5. The van der Waals surface area contributed by atoms with Crippen LogP contribution in [0.2, 0.25) is 0 Å². The molecule has 0 saturated carbocycles. The van der Waals surface area contributed by atoms with Crippen LogP contribution in [-0.4, -0.2) is 12.5 Å². The molecule has 3 aromatic carbocycles. The second-order valence-corrected chi connectivity index (χ2v) is 6.22. The molecule has 0 aromatic heterocycles. The van der Waals surface area contributed by atoms with Gasteiger partial charge in [0, 0.05) is 12.0 Å². The summed E-state index contributed by atoms with van der Waals surface area (Å²) in [5.74, 6) is 0.607. The first kappa shape index (κ1) is 17.7. The topological polar surface area (TPSA) is 38.3 Å². The Hall–Kier alpha value is -3.07. The van der Waals surface area contributed by atoms with E-state index in [2.05, 4.69) is 17.4 Å². The fraction of sp³-hybridized carbons (Fsp3) is 0.174. The van der Waals surface area contributed by atoms with Gasteiger partial charge in [-0.05, 0) is 36.2 Å². The number of hydrogen-bond donors (Lipinski definition) is 1. The van der Waals surface area contributed by atoms with Crippen molar-refractivity contribution in [3.05, 3.63) is 102 Å². The van der Waals surface area contributed by atoms with Crippen molar-refractivity contribution in [3.63, 3.8) is 0 Å². The quantitative estimate of drug-likeness (QED) is 0.668. The zero-order valence-electron chi connectivity index (χ0n) is 14.9. The lowest BCUT2D eigenvalue weighted by atomic mass is 10.1. The van der Waals surface area contributed by atoms with Crippen LogP contribution in [0.25, 0.3) is 0 Å². The number of carbonyl (C=O) groups is 1. The lowest BCUT2D eigenvalue weighted by molar-refractivity contribution is 0.0939. The van der Waals surface area contributed by atoms with Crippen LogP contribution in [0.1, 0.15) is 34.5 Å². The second-order valence-electron chi connectivity index (χ2n) is 6.22. The molecular weight excluding hydrogens is 322 g/mol. The van der Waals surface area contributed by atoms with E-state index in [0.717, 1.165) is 12.0 Å². The lowest BCUT2D eigenvalue weighted by Crippen LogP contribution is -2.26. The Morgan fingerprint density at radius 3 is 2.35 bits per heavy atom. The molecule has 0 aliphatic carbocycles. The van der Waals surface area contributed by atoms with Crippen LogP contribution >= 0.6 is 0 Å². The van der Waals surface area contributed by atoms with Gasteiger partial charge in [-0.15, -0.1) is 0 Å². The van der Waals surface area contributed by atoms with Gasteiger partial charge in [0.25, 0.3) is 5.91 Å². The summed E-state index contributed by atoms with van der Waals surface area (Å²) >= 11 is 0. The molecular formula is C23H23NO2. The van der Waals surface area contributed by atoms with Crippen molar-refractivity contribution in [1.29, 1.82) is 0 Å². The molecule has 1 N–H and O–H groups in total. The third kappa shape index (κ3) is 4.96. The number of carbonyl (C=O) groups excluding carboxylic acids is 1. The Balaban J connectivity index is 1.57. The maximum atomic E-state index is 12.5. The highest BCUT2D eigenvalue weighted by Gasteiger charge is 2.11. The van der Waals surface area contributed by atoms with E-state index in [1.54, 1.807) is 12.1 Å². The van der Waals surface area contributed by atoms with E-state index in [4.69, 9.17) is 4.74 Å². The molecule has 0 saturated heterocycles. The number of benzene rings is 3. The first-order chi connectivity index (χ1) is 12.7. The maximum Gasteiger partial charge on any atom is 0.251 e. The van der Waals surface area contributed by atoms with E-state index in [1.165, 1.54) is 5.56 Å². The Labute approximate surface area is 154 Å². The SMILES string of the molecule is CC(NC(=O)c1cccc(OCCc2ccccc2)c1)c1ccccc1. The standard InChI is InChI=1S/C23H23NO2/c1-18(20-11-6-3-7-12-20)24-23(25)21-13-8-14-22(17-21)26-16-15-19-9-4-2-5-10-19/h2-14,17-18H,15-16H2,1H3,(H,24,25). The lowest BCUT2D eigenvalue weighted by Gasteiger charge is -2.15. The maximum absolute atomic E-state index is 12.5. The molecule has 3 heteroatoms. The smallest absolute Gasteiger partial charge is 0.251 e. The van der Waals surface area contributed by atoms with Gasteiger partial charge >= 0.3 is 0 Å². The van der Waals surface area contributed by atoms with Crippen LogP contribution in [0, 0.1) is 0 Å². The van der Waals surface area contributed by atoms with E-state index in [-0.39, 0.29) is 11.9 Å². The van der Waals surface area contributed by atoms with Crippen LogP contribution in [0.15, 0.2) is 84.9 Å². The minimum atomic E-state index is -0.102. The van der Waals surface area contributed by atoms with Crippen molar-refractivity contribution >= 4 is 5.91 Å². The van der Waals surface area contributed by atoms with Crippen molar-refractivity contribution in [2.24, 2.45) is 0 Å². The van der Waals surface area contributed by atoms with Crippen LogP contribution in [0.3, 0.4) is 0 Å². The van der Waals surface area contributed by atoms with Crippen LogP contribution < -0.4 is 10.1 Å². The van der Waals surface area contributed by atoms with Gasteiger partial charge in [-0.1, -0.05) is 66.7 Å². The van der Waals surface area contributed by atoms with Gasteiger partial charge in [0.05, 0.1) is 12.6 Å². The van der Waals surface area contributed by atoms with Crippen LogP contribution in [-0.2, 0) is 6.42 Å². The summed E-state index contributed by atoms with van der Waals surface area (Å²) in [5.41, 5.74) is 2.92. The molecule has 3 aromatic rings. The van der Waals surface area contributed by atoms with Gasteiger partial charge in [0.1, 0.15) is 5.75 Å². The van der Waals surface area contributed by atoms with Gasteiger partial charge in [-0.25, -0.2) is 0 Å². The summed E-state index contributed by atoms with van der Waals surface area (Å²) < 4.78 is 5.81. The molecule has 3 nitrogen and oxygen atoms in total. The number of hydrogen-bond acceptors (Lipinski definition) is 2. The average Bonchev–Trinajstić information content (AvgIpc) is 2.69. The van der Waals surface area contributed by atoms with Crippen LogP contribution in [0.4, 0.5) is 0 Å². The molecule has 1 amide bonds. The minimum absolute atomic E-state index is 0.0497. The second kappa shape index (κ2) is 8.86. The van der Waals surface area contributed by atoms with Crippen molar-refractivity contribution in [2.75, 3.05) is 6.61 Å². The molecule has 1 unspecified atom stereocenters. The molecule has 0 heterocycles. The molecule has 3 rings (SSSR count). The van der Waals surface area contributed by atoms with Crippen molar-refractivity contribution in [2.45, 2.75) is 19.4 Å². The molecule has 0 bridgehead atoms. The number of nitrogens with one attached hydrogen (secondary N) is 1. The van der Waals surface area contributed by atoms with E-state index in [1.807, 2.05) is 67.6 Å². The highest BCUT2D eigenvalue weighted by Crippen LogP contribution is 2.16. The van der Waals surface area contributed by atoms with E-state index >= 15 is 0 Å². The van der Waals surface area contributed by atoms with E-state index < -0.39 is 0 Å². The predicted octanol–water partition coefficient (Wildman–Crippen LogP) is 4.80.